The van der Waals surface area contributed by atoms with Crippen LogP contribution in [0.1, 0.15) is 34.6 Å². The molecule has 0 atom stereocenters. The number of hydrogen-bond acceptors (Lipinski definition) is 0. The second-order valence-corrected chi connectivity index (χ2v) is 4.03. The Morgan fingerprint density at radius 1 is 0.850 bits per heavy atom. The summed E-state index contributed by atoms with van der Waals surface area (Å²) in [7, 11) is 0. The van der Waals surface area contributed by atoms with Crippen molar-refractivity contribution in [2.45, 2.75) is 40.8 Å². The molecule has 6 heteroatoms. The van der Waals surface area contributed by atoms with Gasteiger partial charge in [-0.3, -0.25) is 0 Å². The molecule has 0 aromatic heterocycles. The molecule has 116 valence electrons. The molecule has 1 aliphatic rings. The minimum absolute atomic E-state index is 0. The molecular formula is C14H17F4IrO. The normalized spacial score (nSPS) is 18.4. The van der Waals surface area contributed by atoms with Crippen LogP contribution in [0.4, 0.5) is 17.6 Å². The molecule has 6 radical (unpaired) electrons. The van der Waals surface area contributed by atoms with Crippen molar-refractivity contribution in [3.8, 4) is 0 Å². The molecule has 0 amide bonds. The van der Waals surface area contributed by atoms with Crippen molar-refractivity contribution in [2.24, 2.45) is 0 Å². The zero-order valence-corrected chi connectivity index (χ0v) is 14.4. The summed E-state index contributed by atoms with van der Waals surface area (Å²) in [6.07, 6.45) is -4.86. The van der Waals surface area contributed by atoms with E-state index >= 15 is 0 Å². The number of rotatable bonds is 0. The van der Waals surface area contributed by atoms with E-state index in [1.54, 1.807) is 0 Å². The van der Waals surface area contributed by atoms with Crippen LogP contribution in [0, 0.1) is 36.2 Å². The summed E-state index contributed by atoms with van der Waals surface area (Å²) in [5, 5.41) is 0. The minimum Gasteiger partial charge on any atom is 0 e. The third-order valence-corrected chi connectivity index (χ3v) is 3.12. The third-order valence-electron chi connectivity index (χ3n) is 3.12. The largest absolute Gasteiger partial charge is 0 e. The first-order valence-electron chi connectivity index (χ1n) is 5.31. The Kier molecular flexibility index (Phi) is 13.1. The monoisotopic (exact) mass is 470 g/mol. The Morgan fingerprint density at radius 3 is 1.00 bits per heavy atom. The van der Waals surface area contributed by atoms with E-state index in [1.807, 2.05) is 6.58 Å². The smallest absolute Gasteiger partial charge is 0 e. The molecule has 1 saturated carbocycles. The van der Waals surface area contributed by atoms with Crippen LogP contribution in [0.3, 0.4) is 0 Å². The van der Waals surface area contributed by atoms with Gasteiger partial charge >= 0.3 is 17.5 Å². The molecule has 1 rings (SSSR count). The molecule has 0 saturated heterocycles. The second kappa shape index (κ2) is 10.6. The fourth-order valence-electron chi connectivity index (χ4n) is 1.41. The van der Waals surface area contributed by atoms with Crippen LogP contribution >= 0.6 is 0 Å². The first-order chi connectivity index (χ1) is 8.50. The van der Waals surface area contributed by atoms with Crippen molar-refractivity contribution in [1.82, 2.24) is 0 Å². The van der Waals surface area contributed by atoms with Crippen LogP contribution in [-0.2, 0) is 24.8 Å². The van der Waals surface area contributed by atoms with Gasteiger partial charge in [0.05, 0.1) is 0 Å². The van der Waals surface area contributed by atoms with Gasteiger partial charge in [-0.2, -0.15) is 13.2 Å². The maximum Gasteiger partial charge on any atom is 0 e. The number of allylic oxidation sites excluding steroid dienone is 1. The van der Waals surface area contributed by atoms with Crippen molar-refractivity contribution in [3.05, 3.63) is 48.6 Å². The Labute approximate surface area is 132 Å². The first-order valence-corrected chi connectivity index (χ1v) is 5.31. The zero-order chi connectivity index (χ0) is 16.0. The standard InChI is InChI=1S/C10H15.C3H2F4.CO.Ir/c1-6-7(2)9(4)10(5)8(6)3;1-2(4)3(5,6)7;1-2;/h1-5H3;1H2;;. The van der Waals surface area contributed by atoms with E-state index in [-0.39, 0.29) is 20.1 Å². The van der Waals surface area contributed by atoms with E-state index in [9.17, 15) is 17.6 Å². The molecule has 0 aromatic rings. The van der Waals surface area contributed by atoms with Gasteiger partial charge < -0.3 is 0 Å². The number of alkyl halides is 3. The molecule has 0 spiro atoms. The zero-order valence-electron chi connectivity index (χ0n) is 12.0. The van der Waals surface area contributed by atoms with Crippen molar-refractivity contribution >= 4 is 0 Å². The van der Waals surface area contributed by atoms with Crippen LogP contribution in [-0.4, -0.2) is 6.18 Å². The van der Waals surface area contributed by atoms with Crippen molar-refractivity contribution < 1.29 is 42.3 Å². The molecule has 0 unspecified atom stereocenters. The Morgan fingerprint density at radius 2 is 0.950 bits per heavy atom. The van der Waals surface area contributed by atoms with Gasteiger partial charge in [-0.25, -0.2) is 4.39 Å². The van der Waals surface area contributed by atoms with Crippen molar-refractivity contribution in [3.63, 3.8) is 0 Å². The Bertz CT molecular complexity index is 256. The van der Waals surface area contributed by atoms with E-state index in [0.29, 0.717) is 0 Å². The second-order valence-electron chi connectivity index (χ2n) is 4.03. The summed E-state index contributed by atoms with van der Waals surface area (Å²) in [4.78, 5) is 0. The fraction of sp³-hybridized carbons (Fsp3) is 0.429. The van der Waals surface area contributed by atoms with Gasteiger partial charge in [0.1, 0.15) is 0 Å². The van der Waals surface area contributed by atoms with Gasteiger partial charge in [-0.05, 0) is 29.6 Å². The van der Waals surface area contributed by atoms with Crippen LogP contribution in [0.5, 0.6) is 0 Å². The van der Waals surface area contributed by atoms with Gasteiger partial charge in [0.2, 0.25) is 0 Å². The quantitative estimate of drug-likeness (QED) is 0.272. The van der Waals surface area contributed by atoms with Gasteiger partial charge in [-0.15, -0.1) is 0 Å². The van der Waals surface area contributed by atoms with Crippen LogP contribution in [0.25, 0.3) is 0 Å². The van der Waals surface area contributed by atoms with Gasteiger partial charge in [0.25, 0.3) is 0 Å². The summed E-state index contributed by atoms with van der Waals surface area (Å²) in [5.74, 6) is 5.08. The summed E-state index contributed by atoms with van der Waals surface area (Å²) in [6.45, 7) is 17.5. The number of hydrogen-bond donors (Lipinski definition) is 0. The predicted octanol–water partition coefficient (Wildman–Crippen LogP) is 4.96. The Hall–Kier alpha value is -0.151. The van der Waals surface area contributed by atoms with E-state index < -0.39 is 12.0 Å². The minimum atomic E-state index is -4.86. The third kappa shape index (κ3) is 7.58. The molecule has 1 fully saturated rings. The molecule has 0 aromatic carbocycles. The molecule has 20 heavy (non-hydrogen) atoms. The molecule has 0 aliphatic heterocycles. The van der Waals surface area contributed by atoms with E-state index in [0.717, 1.165) is 0 Å². The Balaban J connectivity index is -0.000000258. The van der Waals surface area contributed by atoms with Crippen molar-refractivity contribution in [1.29, 1.82) is 0 Å². The van der Waals surface area contributed by atoms with Gasteiger partial charge in [0, 0.05) is 20.1 Å². The first kappa shape index (κ1) is 24.8. The number of halogens is 4. The van der Waals surface area contributed by atoms with Crippen molar-refractivity contribution in [2.75, 3.05) is 0 Å². The topological polar surface area (TPSA) is 19.9 Å². The molecule has 0 N–H and O–H groups in total. The molecule has 0 heterocycles. The maximum absolute atomic E-state index is 10.9. The molecule has 1 nitrogen and oxygen atoms in total. The molecule has 1 aliphatic carbocycles. The molecular weight excluding hydrogens is 452 g/mol. The van der Waals surface area contributed by atoms with E-state index in [2.05, 4.69) is 41.3 Å². The molecule has 0 bridgehead atoms. The van der Waals surface area contributed by atoms with Crippen LogP contribution < -0.4 is 0 Å². The van der Waals surface area contributed by atoms with E-state index in [1.165, 1.54) is 29.6 Å². The van der Waals surface area contributed by atoms with Crippen LogP contribution in [0.2, 0.25) is 0 Å². The maximum atomic E-state index is 10.9. The SMILES string of the molecule is C=C(F)C(F)(F)F.C[C]1[C](C)[C](C)[C](C)[C]1C.[C-]#[O+].[Ir]. The average Bonchev–Trinajstić information content (AvgIpc) is 2.50. The van der Waals surface area contributed by atoms with E-state index in [4.69, 9.17) is 4.65 Å². The van der Waals surface area contributed by atoms with Gasteiger partial charge in [0.15, 0.2) is 5.83 Å². The fourth-order valence-corrected chi connectivity index (χ4v) is 1.41. The summed E-state index contributed by atoms with van der Waals surface area (Å²) in [5.41, 5.74) is 0. The van der Waals surface area contributed by atoms with Crippen LogP contribution in [0.15, 0.2) is 12.4 Å². The summed E-state index contributed by atoms with van der Waals surface area (Å²) >= 11 is 0. The van der Waals surface area contributed by atoms with Gasteiger partial charge in [-0.1, -0.05) is 41.2 Å². The summed E-state index contributed by atoms with van der Waals surface area (Å²) < 4.78 is 50.5. The average molecular weight is 469 g/mol. The predicted molar refractivity (Wildman–Crippen MR) is 64.8 cm³/mol. The summed E-state index contributed by atoms with van der Waals surface area (Å²) in [6, 6.07) is 0.